The fourth-order valence-electron chi connectivity index (χ4n) is 3.81. The number of ketones is 1. The Morgan fingerprint density at radius 2 is 2.00 bits per heavy atom. The number of hydrogen-bond donors (Lipinski definition) is 1. The van der Waals surface area contributed by atoms with E-state index in [2.05, 4.69) is 55.3 Å². The van der Waals surface area contributed by atoms with Gasteiger partial charge in [-0.15, -0.1) is 0 Å². The van der Waals surface area contributed by atoms with Crippen LogP contribution in [0.4, 0.5) is 0 Å². The molecule has 0 bridgehead atoms. The number of carbonyl (C=O) groups is 1. The Balaban J connectivity index is 0.00000218. The molecule has 1 aliphatic rings. The van der Waals surface area contributed by atoms with Crippen molar-refractivity contribution < 1.29 is 14.6 Å². The molecule has 2 rings (SSSR count). The summed E-state index contributed by atoms with van der Waals surface area (Å²) >= 11 is 0. The Labute approximate surface area is 182 Å². The molecule has 0 spiro atoms. The van der Waals surface area contributed by atoms with Gasteiger partial charge in [0, 0.05) is 25.1 Å². The summed E-state index contributed by atoms with van der Waals surface area (Å²) in [5, 5.41) is 7.00. The average Bonchev–Trinajstić information content (AvgIpc) is 3.11. The van der Waals surface area contributed by atoms with Crippen LogP contribution in [0.2, 0.25) is 0 Å². The van der Waals surface area contributed by atoms with Gasteiger partial charge in [0.2, 0.25) is 0 Å². The zero-order valence-electron chi connectivity index (χ0n) is 19.3. The van der Waals surface area contributed by atoms with Crippen LogP contribution in [-0.4, -0.2) is 43.6 Å². The highest BCUT2D eigenvalue weighted by Gasteiger charge is 2.28. The predicted octanol–water partition coefficient (Wildman–Crippen LogP) is 5.16. The lowest BCUT2D eigenvalue weighted by Crippen LogP contribution is -2.23. The highest BCUT2D eigenvalue weighted by Crippen LogP contribution is 2.31. The normalized spacial score (nSPS) is 17.7. The molecule has 0 heterocycles. The van der Waals surface area contributed by atoms with E-state index < -0.39 is 0 Å². The topological polar surface area (TPSA) is 49.8 Å². The minimum Gasteiger partial charge on any atom is -0.497 e. The van der Waals surface area contributed by atoms with Gasteiger partial charge in [-0.1, -0.05) is 55.8 Å². The maximum atomic E-state index is 12.8. The van der Waals surface area contributed by atoms with Crippen LogP contribution in [0.3, 0.4) is 0 Å². The lowest BCUT2D eigenvalue weighted by atomic mass is 9.87. The van der Waals surface area contributed by atoms with Gasteiger partial charge in [0.1, 0.15) is 5.76 Å². The fourth-order valence-corrected chi connectivity index (χ4v) is 3.81. The Bertz CT molecular complexity index is 706. The van der Waals surface area contributed by atoms with Crippen LogP contribution >= 0.6 is 0 Å². The summed E-state index contributed by atoms with van der Waals surface area (Å²) < 4.78 is 5.33. The number of nitrogens with zero attached hydrogens (tertiary/aromatic N) is 1. The van der Waals surface area contributed by atoms with E-state index in [9.17, 15) is 4.79 Å². The van der Waals surface area contributed by atoms with E-state index in [1.807, 2.05) is 25.2 Å². The van der Waals surface area contributed by atoms with Crippen molar-refractivity contribution in [3.05, 3.63) is 71.5 Å². The molecule has 0 fully saturated rings. The number of allylic oxidation sites excluding steroid dienone is 5. The third kappa shape index (κ3) is 8.68. The zero-order chi connectivity index (χ0) is 22.4. The molecule has 0 aliphatic heterocycles. The minimum atomic E-state index is 0.124. The Hall–Kier alpha value is -2.17. The van der Waals surface area contributed by atoms with Crippen LogP contribution in [0.15, 0.2) is 66.0 Å². The lowest BCUT2D eigenvalue weighted by Gasteiger charge is -2.23. The molecular formula is C26H39NO3. The molecule has 166 valence electrons. The SMILES string of the molecule is C/C=C\C(=C/C1=CCC(CC(CC)CCN(C)Cc2ccccc2)C1=O)OC.CO. The van der Waals surface area contributed by atoms with Crippen LogP contribution in [0, 0.1) is 11.8 Å². The van der Waals surface area contributed by atoms with Crippen molar-refractivity contribution in [1.82, 2.24) is 4.90 Å². The number of Topliss-reactive ketones (excluding diaryl/α,β-unsaturated/α-hetero) is 1. The van der Waals surface area contributed by atoms with Crippen molar-refractivity contribution in [3.8, 4) is 0 Å². The first-order chi connectivity index (χ1) is 14.6. The van der Waals surface area contributed by atoms with Crippen LogP contribution in [0.25, 0.3) is 0 Å². The number of ether oxygens (including phenoxy) is 1. The quantitative estimate of drug-likeness (QED) is 0.402. The summed E-state index contributed by atoms with van der Waals surface area (Å²) in [5.74, 6) is 1.72. The minimum absolute atomic E-state index is 0.124. The van der Waals surface area contributed by atoms with Gasteiger partial charge in [0.15, 0.2) is 5.78 Å². The van der Waals surface area contributed by atoms with Gasteiger partial charge >= 0.3 is 0 Å². The van der Waals surface area contributed by atoms with E-state index in [0.29, 0.717) is 5.92 Å². The average molecular weight is 414 g/mol. The van der Waals surface area contributed by atoms with Crippen molar-refractivity contribution in [2.75, 3.05) is 27.8 Å². The molecule has 0 saturated heterocycles. The number of carbonyl (C=O) groups excluding carboxylic acids is 1. The molecule has 1 aromatic carbocycles. The van der Waals surface area contributed by atoms with Gasteiger partial charge in [0.05, 0.1) is 7.11 Å². The monoisotopic (exact) mass is 413 g/mol. The fraction of sp³-hybridized carbons (Fsp3) is 0.500. The van der Waals surface area contributed by atoms with Crippen molar-refractivity contribution in [1.29, 1.82) is 0 Å². The van der Waals surface area contributed by atoms with E-state index in [0.717, 1.165) is 57.2 Å². The summed E-state index contributed by atoms with van der Waals surface area (Å²) in [5.41, 5.74) is 2.15. The van der Waals surface area contributed by atoms with Crippen molar-refractivity contribution in [3.63, 3.8) is 0 Å². The summed E-state index contributed by atoms with van der Waals surface area (Å²) in [4.78, 5) is 15.2. The molecule has 2 unspecified atom stereocenters. The molecule has 0 amide bonds. The Kier molecular flexibility index (Phi) is 12.7. The van der Waals surface area contributed by atoms with Crippen LogP contribution in [0.5, 0.6) is 0 Å². The van der Waals surface area contributed by atoms with Gasteiger partial charge in [-0.3, -0.25) is 4.79 Å². The molecule has 1 aliphatic carbocycles. The van der Waals surface area contributed by atoms with Crippen molar-refractivity contribution in [2.24, 2.45) is 11.8 Å². The first kappa shape index (κ1) is 25.9. The molecule has 4 nitrogen and oxygen atoms in total. The van der Waals surface area contributed by atoms with Gasteiger partial charge in [0.25, 0.3) is 0 Å². The highest BCUT2D eigenvalue weighted by atomic mass is 16.5. The third-order valence-corrected chi connectivity index (χ3v) is 5.55. The Morgan fingerprint density at radius 1 is 1.30 bits per heavy atom. The van der Waals surface area contributed by atoms with E-state index >= 15 is 0 Å². The standard InChI is InChI=1S/C25H35NO2.CH4O/c1-5-10-24(28-4)18-23-14-13-22(25(23)27)17-20(6-2)15-16-26(3)19-21-11-8-7-9-12-21;1-2/h5,7-12,14,18,20,22H,6,13,15-17,19H2,1-4H3;2H,1H3/b10-5-,24-18+;. The maximum Gasteiger partial charge on any atom is 0.166 e. The molecule has 0 aromatic heterocycles. The maximum absolute atomic E-state index is 12.8. The first-order valence-corrected chi connectivity index (χ1v) is 10.9. The largest absolute Gasteiger partial charge is 0.497 e. The summed E-state index contributed by atoms with van der Waals surface area (Å²) in [6, 6.07) is 10.6. The number of benzene rings is 1. The molecule has 1 aromatic rings. The van der Waals surface area contributed by atoms with Crippen LogP contribution < -0.4 is 0 Å². The van der Waals surface area contributed by atoms with Gasteiger partial charge in [-0.05, 0) is 63.4 Å². The Morgan fingerprint density at radius 3 is 2.60 bits per heavy atom. The predicted molar refractivity (Wildman–Crippen MR) is 125 cm³/mol. The number of methoxy groups -OCH3 is 1. The second-order valence-electron chi connectivity index (χ2n) is 7.73. The number of aliphatic hydroxyl groups excluding tert-OH is 1. The van der Waals surface area contributed by atoms with Gasteiger partial charge in [-0.25, -0.2) is 0 Å². The molecule has 0 radical (unpaired) electrons. The molecule has 2 atom stereocenters. The molecule has 0 saturated carbocycles. The van der Waals surface area contributed by atoms with Crippen molar-refractivity contribution >= 4 is 5.78 Å². The van der Waals surface area contributed by atoms with Crippen molar-refractivity contribution in [2.45, 2.75) is 46.1 Å². The number of aliphatic hydroxyl groups is 1. The van der Waals surface area contributed by atoms with Crippen LogP contribution in [0.1, 0.15) is 45.1 Å². The molecular weight excluding hydrogens is 374 g/mol. The van der Waals surface area contributed by atoms with Gasteiger partial charge < -0.3 is 14.7 Å². The molecule has 30 heavy (non-hydrogen) atoms. The highest BCUT2D eigenvalue weighted by molar-refractivity contribution is 6.02. The summed E-state index contributed by atoms with van der Waals surface area (Å²) in [6.45, 7) is 6.22. The van der Waals surface area contributed by atoms with E-state index in [-0.39, 0.29) is 11.7 Å². The zero-order valence-corrected chi connectivity index (χ0v) is 19.3. The first-order valence-electron chi connectivity index (χ1n) is 10.9. The summed E-state index contributed by atoms with van der Waals surface area (Å²) in [6.07, 6.45) is 11.8. The molecule has 1 N–H and O–H groups in total. The second-order valence-corrected chi connectivity index (χ2v) is 7.73. The van der Waals surface area contributed by atoms with Gasteiger partial charge in [-0.2, -0.15) is 0 Å². The summed E-state index contributed by atoms with van der Waals surface area (Å²) in [7, 11) is 4.82. The molecule has 4 heteroatoms. The van der Waals surface area contributed by atoms with E-state index in [4.69, 9.17) is 9.84 Å². The second kappa shape index (κ2) is 14.8. The van der Waals surface area contributed by atoms with E-state index in [1.54, 1.807) is 7.11 Å². The van der Waals surface area contributed by atoms with E-state index in [1.165, 1.54) is 5.56 Å². The smallest absolute Gasteiger partial charge is 0.166 e. The number of hydrogen-bond acceptors (Lipinski definition) is 4. The number of rotatable bonds is 11. The lowest BCUT2D eigenvalue weighted by molar-refractivity contribution is -0.118. The third-order valence-electron chi connectivity index (χ3n) is 5.55. The van der Waals surface area contributed by atoms with Crippen LogP contribution in [-0.2, 0) is 16.1 Å².